The zero-order chi connectivity index (χ0) is 17.5. The van der Waals surface area contributed by atoms with Crippen molar-refractivity contribution in [3.63, 3.8) is 0 Å². The van der Waals surface area contributed by atoms with Gasteiger partial charge in [-0.05, 0) is 24.0 Å². The molecule has 0 bridgehead atoms. The van der Waals surface area contributed by atoms with Gasteiger partial charge in [0, 0.05) is 0 Å². The first-order valence-corrected chi connectivity index (χ1v) is 7.83. The Hall–Kier alpha value is -0.934. The molecule has 3 rings (SSSR count). The zero-order valence-corrected chi connectivity index (χ0v) is 17.7. The number of carboxylic acids is 1. The third-order valence-corrected chi connectivity index (χ3v) is 4.68. The molecule has 1 aromatic rings. The number of ether oxygens (including phenoxy) is 1. The van der Waals surface area contributed by atoms with Crippen LogP contribution in [0.5, 0.6) is 5.75 Å². The third kappa shape index (κ3) is 3.93. The van der Waals surface area contributed by atoms with Gasteiger partial charge in [-0.1, -0.05) is 32.0 Å². The second-order valence-electron chi connectivity index (χ2n) is 6.89. The number of rotatable bonds is 5. The molecule has 0 aliphatic carbocycles. The molecule has 25 heavy (non-hydrogen) atoms. The van der Waals surface area contributed by atoms with Gasteiger partial charge in [0.1, 0.15) is 17.8 Å². The average Bonchev–Trinajstić information content (AvgIpc) is 2.80. The molecule has 2 aliphatic rings. The van der Waals surface area contributed by atoms with Gasteiger partial charge >= 0.3 is 57.4 Å². The minimum absolute atomic E-state index is 0. The van der Waals surface area contributed by atoms with E-state index >= 15 is 0 Å². The molecule has 7 nitrogen and oxygen atoms in total. The fraction of sp³-hybridized carbons (Fsp3) is 0.471. The van der Waals surface area contributed by atoms with E-state index in [0.29, 0.717) is 12.2 Å². The number of benzene rings is 1. The van der Waals surface area contributed by atoms with Crippen molar-refractivity contribution in [1.29, 1.82) is 0 Å². The summed E-state index contributed by atoms with van der Waals surface area (Å²) in [5, 5.41) is 12.0. The predicted molar refractivity (Wildman–Crippen MR) is 84.3 cm³/mol. The van der Waals surface area contributed by atoms with E-state index < -0.39 is 29.4 Å². The SMILES string of the molecule is CC1(C)C[C@@H]2[C@H](NC(=O)COc3ccccc3)C(=O)N2[C@H]1C(=O)O.[K+]. The maximum Gasteiger partial charge on any atom is 1.00 e. The standard InChI is InChI=1S/C17H20N2O5.K/c1-17(2)8-11-13(15(21)19(11)14(17)16(22)23)18-12(20)9-24-10-6-4-3-5-7-10;/h3-7,11,13-14H,8-9H2,1-2H3,(H,18,20)(H,22,23);/q;+1/t11-,13+,14+;/m1./s1. The van der Waals surface area contributed by atoms with E-state index in [-0.39, 0.29) is 69.9 Å². The van der Waals surface area contributed by atoms with Crippen LogP contribution in [-0.4, -0.2) is 52.5 Å². The fourth-order valence-electron chi connectivity index (χ4n) is 3.62. The van der Waals surface area contributed by atoms with Crippen molar-refractivity contribution in [2.24, 2.45) is 5.41 Å². The largest absolute Gasteiger partial charge is 1.00 e. The van der Waals surface area contributed by atoms with Crippen molar-refractivity contribution in [3.8, 4) is 5.75 Å². The Morgan fingerprint density at radius 2 is 1.96 bits per heavy atom. The van der Waals surface area contributed by atoms with Crippen LogP contribution in [0.2, 0.25) is 0 Å². The first-order chi connectivity index (χ1) is 11.3. The van der Waals surface area contributed by atoms with Crippen molar-refractivity contribution in [3.05, 3.63) is 30.3 Å². The van der Waals surface area contributed by atoms with Crippen molar-refractivity contribution < 1.29 is 75.6 Å². The maximum absolute atomic E-state index is 12.3. The molecular weight excluding hydrogens is 351 g/mol. The van der Waals surface area contributed by atoms with Gasteiger partial charge in [0.2, 0.25) is 5.91 Å². The van der Waals surface area contributed by atoms with Gasteiger partial charge < -0.3 is 20.1 Å². The molecule has 0 saturated carbocycles. The summed E-state index contributed by atoms with van der Waals surface area (Å²) in [6.45, 7) is 3.47. The van der Waals surface area contributed by atoms with Crippen LogP contribution >= 0.6 is 0 Å². The van der Waals surface area contributed by atoms with Gasteiger partial charge in [0.25, 0.3) is 5.91 Å². The smallest absolute Gasteiger partial charge is 0.484 e. The van der Waals surface area contributed by atoms with Crippen LogP contribution in [0.25, 0.3) is 0 Å². The molecule has 0 unspecified atom stereocenters. The molecule has 8 heteroatoms. The van der Waals surface area contributed by atoms with Crippen LogP contribution in [0.3, 0.4) is 0 Å². The fourth-order valence-corrected chi connectivity index (χ4v) is 3.62. The van der Waals surface area contributed by atoms with Crippen LogP contribution < -0.4 is 61.4 Å². The molecular formula is C17H20KN2O5+. The van der Waals surface area contributed by atoms with Crippen molar-refractivity contribution in [2.75, 3.05) is 6.61 Å². The Labute approximate surface area is 188 Å². The molecule has 2 N–H and O–H groups in total. The van der Waals surface area contributed by atoms with Crippen LogP contribution in [0, 0.1) is 5.41 Å². The van der Waals surface area contributed by atoms with E-state index in [4.69, 9.17) is 4.74 Å². The van der Waals surface area contributed by atoms with Crippen LogP contribution in [0.15, 0.2) is 30.3 Å². The Kier molecular flexibility index (Phi) is 6.32. The molecule has 2 saturated heterocycles. The topological polar surface area (TPSA) is 95.9 Å². The summed E-state index contributed by atoms with van der Waals surface area (Å²) in [7, 11) is 0. The van der Waals surface area contributed by atoms with Gasteiger partial charge in [-0.3, -0.25) is 9.59 Å². The van der Waals surface area contributed by atoms with Crippen molar-refractivity contribution in [1.82, 2.24) is 10.2 Å². The minimum Gasteiger partial charge on any atom is -0.484 e. The summed E-state index contributed by atoms with van der Waals surface area (Å²) < 4.78 is 5.35. The van der Waals surface area contributed by atoms with Crippen molar-refractivity contribution >= 4 is 17.8 Å². The molecule has 2 aliphatic heterocycles. The second kappa shape index (κ2) is 7.75. The molecule has 128 valence electrons. The summed E-state index contributed by atoms with van der Waals surface area (Å²) >= 11 is 0. The van der Waals surface area contributed by atoms with Crippen LogP contribution in [-0.2, 0) is 14.4 Å². The zero-order valence-electron chi connectivity index (χ0n) is 14.6. The maximum atomic E-state index is 12.3. The molecule has 2 amide bonds. The Balaban J connectivity index is 0.00000225. The number of aliphatic carboxylic acids is 1. The number of nitrogens with one attached hydrogen (secondary N) is 1. The quantitative estimate of drug-likeness (QED) is 0.446. The van der Waals surface area contributed by atoms with Crippen molar-refractivity contribution in [2.45, 2.75) is 38.4 Å². The summed E-state index contributed by atoms with van der Waals surface area (Å²) in [6, 6.07) is 7.13. The van der Waals surface area contributed by atoms with Gasteiger partial charge in [-0.15, -0.1) is 0 Å². The van der Waals surface area contributed by atoms with Gasteiger partial charge in [-0.2, -0.15) is 0 Å². The number of fused-ring (bicyclic) bond motifs is 1. The number of hydrogen-bond donors (Lipinski definition) is 2. The normalized spacial score (nSPS) is 26.1. The van der Waals surface area contributed by atoms with Crippen LogP contribution in [0.1, 0.15) is 20.3 Å². The molecule has 0 radical (unpaired) electrons. The number of nitrogens with zero attached hydrogens (tertiary/aromatic N) is 1. The summed E-state index contributed by atoms with van der Waals surface area (Å²) in [4.78, 5) is 37.1. The second-order valence-corrected chi connectivity index (χ2v) is 6.89. The first-order valence-electron chi connectivity index (χ1n) is 7.83. The van der Waals surface area contributed by atoms with E-state index in [1.165, 1.54) is 4.90 Å². The van der Waals surface area contributed by atoms with Gasteiger partial charge in [0.05, 0.1) is 6.04 Å². The van der Waals surface area contributed by atoms with E-state index in [2.05, 4.69) is 5.32 Å². The number of β-lactam (4-membered cyclic amide) rings is 1. The van der Waals surface area contributed by atoms with E-state index in [9.17, 15) is 19.5 Å². The van der Waals surface area contributed by atoms with Crippen LogP contribution in [0.4, 0.5) is 0 Å². The Morgan fingerprint density at radius 3 is 2.56 bits per heavy atom. The number of amides is 2. The Bertz CT molecular complexity index is 679. The number of para-hydroxylation sites is 1. The van der Waals surface area contributed by atoms with E-state index in [1.54, 1.807) is 24.3 Å². The number of carbonyl (C=O) groups excluding carboxylic acids is 2. The monoisotopic (exact) mass is 371 g/mol. The molecule has 2 heterocycles. The molecule has 0 spiro atoms. The van der Waals surface area contributed by atoms with E-state index in [0.717, 1.165) is 0 Å². The summed E-state index contributed by atoms with van der Waals surface area (Å²) in [6.07, 6.45) is 0.542. The Morgan fingerprint density at radius 1 is 1.32 bits per heavy atom. The van der Waals surface area contributed by atoms with Gasteiger partial charge in [0.15, 0.2) is 6.61 Å². The third-order valence-electron chi connectivity index (χ3n) is 4.68. The molecule has 1 aromatic carbocycles. The number of carboxylic acid groups (broad SMARTS) is 1. The van der Waals surface area contributed by atoms with E-state index in [1.807, 2.05) is 19.9 Å². The molecule has 3 atom stereocenters. The minimum atomic E-state index is -1.01. The van der Waals surface area contributed by atoms with Gasteiger partial charge in [-0.25, -0.2) is 4.79 Å². The number of carbonyl (C=O) groups is 3. The first kappa shape index (κ1) is 20.4. The molecule has 0 aromatic heterocycles. The average molecular weight is 371 g/mol. The predicted octanol–water partition coefficient (Wildman–Crippen LogP) is -2.35. The summed E-state index contributed by atoms with van der Waals surface area (Å²) in [5.41, 5.74) is -0.522. The summed E-state index contributed by atoms with van der Waals surface area (Å²) in [5.74, 6) is -1.17. The number of hydrogen-bond acceptors (Lipinski definition) is 4. The molecule has 2 fully saturated rings.